The van der Waals surface area contributed by atoms with Crippen molar-refractivity contribution in [1.82, 2.24) is 9.80 Å². The Morgan fingerprint density at radius 3 is 2.33 bits per heavy atom. The average molecular weight is 577 g/mol. The van der Waals surface area contributed by atoms with Gasteiger partial charge in [-0.2, -0.15) is 0 Å². The number of nitro benzene ring substituents is 1. The molecule has 0 bridgehead atoms. The third-order valence-corrected chi connectivity index (χ3v) is 8.44. The third-order valence-electron chi connectivity index (χ3n) is 8.44. The van der Waals surface area contributed by atoms with Crippen LogP contribution in [0.2, 0.25) is 0 Å². The lowest BCUT2D eigenvalue weighted by atomic mass is 9.72. The Hall–Kier alpha value is -4.38. The Balaban J connectivity index is 1.49. The molecule has 1 fully saturated rings. The van der Waals surface area contributed by atoms with Crippen LogP contribution in [0.25, 0.3) is 0 Å². The topological polar surface area (TPSA) is 143 Å². The van der Waals surface area contributed by atoms with E-state index in [-0.39, 0.29) is 11.7 Å². The van der Waals surface area contributed by atoms with Crippen molar-refractivity contribution in [3.63, 3.8) is 0 Å². The highest BCUT2D eigenvalue weighted by molar-refractivity contribution is 6.03. The number of nitro groups is 1. The molecule has 11 nitrogen and oxygen atoms in total. The molecule has 0 radical (unpaired) electrons. The SMILES string of the molecule is COC(=O)C1(c2ccccc2)CCN(CCCN(C=O)C2=C(C)N=C(C)C(C(=O)O)C2c2ccc([N+](=O)[O-])cc2)CC1. The third kappa shape index (κ3) is 6.11. The van der Waals surface area contributed by atoms with E-state index >= 15 is 0 Å². The van der Waals surface area contributed by atoms with Gasteiger partial charge in [0.1, 0.15) is 5.92 Å². The predicted molar refractivity (Wildman–Crippen MR) is 156 cm³/mol. The number of non-ortho nitro benzene ring substituents is 1. The number of carbonyl (C=O) groups excluding carboxylic acids is 2. The molecule has 1 amide bonds. The smallest absolute Gasteiger partial charge is 0.316 e. The van der Waals surface area contributed by atoms with Crippen LogP contribution in [0.5, 0.6) is 0 Å². The molecule has 2 aromatic rings. The summed E-state index contributed by atoms with van der Waals surface area (Å²) in [4.78, 5) is 56.6. The monoisotopic (exact) mass is 576 g/mol. The van der Waals surface area contributed by atoms with Crippen molar-refractivity contribution in [1.29, 1.82) is 0 Å². The quantitative estimate of drug-likeness (QED) is 0.182. The first-order chi connectivity index (χ1) is 20.1. The van der Waals surface area contributed by atoms with Crippen molar-refractivity contribution in [3.05, 3.63) is 87.2 Å². The summed E-state index contributed by atoms with van der Waals surface area (Å²) >= 11 is 0. The first-order valence-electron chi connectivity index (χ1n) is 13.9. The number of carboxylic acids is 1. The second-order valence-electron chi connectivity index (χ2n) is 10.8. The van der Waals surface area contributed by atoms with Gasteiger partial charge in [0.15, 0.2) is 0 Å². The number of aliphatic carboxylic acids is 1. The summed E-state index contributed by atoms with van der Waals surface area (Å²) in [7, 11) is 1.42. The standard InChI is InChI=1S/C31H36N4O7/c1-21-26(29(37)38)27(23-10-12-25(13-11-23)35(40)41)28(22(2)32-21)34(20-36)17-7-16-33-18-14-31(15-19-33,30(39)42-3)24-8-5-4-6-9-24/h4-6,8-13,20,26-27H,7,14-19H2,1-3H3,(H,37,38). The number of amides is 1. The van der Waals surface area contributed by atoms with E-state index < -0.39 is 28.1 Å². The number of allylic oxidation sites excluding steroid dienone is 2. The second-order valence-corrected chi connectivity index (χ2v) is 10.8. The molecule has 2 aromatic carbocycles. The number of aliphatic imine (C=N–C) groups is 1. The van der Waals surface area contributed by atoms with Crippen LogP contribution in [0.15, 0.2) is 71.0 Å². The number of carboxylic acid groups (broad SMARTS) is 1. The fourth-order valence-corrected chi connectivity index (χ4v) is 6.29. The Labute approximate surface area is 244 Å². The molecule has 0 saturated carbocycles. The minimum Gasteiger partial charge on any atom is -0.481 e. The molecular weight excluding hydrogens is 540 g/mol. The lowest BCUT2D eigenvalue weighted by Crippen LogP contribution is -2.48. The van der Waals surface area contributed by atoms with Gasteiger partial charge in [0.05, 0.1) is 28.8 Å². The molecular formula is C31H36N4O7. The Morgan fingerprint density at radius 1 is 1.14 bits per heavy atom. The number of hydrogen-bond donors (Lipinski definition) is 1. The molecule has 0 aromatic heterocycles. The van der Waals surface area contributed by atoms with E-state index in [9.17, 15) is 29.6 Å². The molecule has 4 rings (SSSR count). The molecule has 11 heteroatoms. The molecule has 2 unspecified atom stereocenters. The first kappa shape index (κ1) is 30.6. The predicted octanol–water partition coefficient (Wildman–Crippen LogP) is 4.14. The summed E-state index contributed by atoms with van der Waals surface area (Å²) < 4.78 is 5.19. The van der Waals surface area contributed by atoms with Crippen molar-refractivity contribution in [2.75, 3.05) is 33.3 Å². The highest BCUT2D eigenvalue weighted by Gasteiger charge is 2.44. The van der Waals surface area contributed by atoms with Crippen molar-refractivity contribution in [3.8, 4) is 0 Å². The van der Waals surface area contributed by atoms with Crippen LogP contribution in [-0.2, 0) is 24.5 Å². The fourth-order valence-electron chi connectivity index (χ4n) is 6.29. The van der Waals surface area contributed by atoms with Crippen molar-refractivity contribution < 1.29 is 29.2 Å². The zero-order valence-electron chi connectivity index (χ0n) is 24.1. The van der Waals surface area contributed by atoms with E-state index in [1.54, 1.807) is 26.0 Å². The number of ether oxygens (including phenoxy) is 1. The molecule has 0 aliphatic carbocycles. The number of rotatable bonds is 11. The number of piperidine rings is 1. The van der Waals surface area contributed by atoms with E-state index in [2.05, 4.69) is 9.89 Å². The summed E-state index contributed by atoms with van der Waals surface area (Å²) in [5, 5.41) is 21.3. The number of benzene rings is 2. The van der Waals surface area contributed by atoms with Crippen LogP contribution in [0.4, 0.5) is 5.69 Å². The summed E-state index contributed by atoms with van der Waals surface area (Å²) in [5.41, 5.74) is 2.12. The van der Waals surface area contributed by atoms with Gasteiger partial charge in [0.25, 0.3) is 5.69 Å². The molecule has 222 valence electrons. The van der Waals surface area contributed by atoms with Gasteiger partial charge < -0.3 is 19.6 Å². The first-order valence-corrected chi connectivity index (χ1v) is 13.9. The van der Waals surface area contributed by atoms with E-state index in [0.29, 0.717) is 74.5 Å². The molecule has 0 spiro atoms. The summed E-state index contributed by atoms with van der Waals surface area (Å²) in [6, 6.07) is 15.5. The van der Waals surface area contributed by atoms with Crippen LogP contribution in [-0.4, -0.2) is 77.2 Å². The van der Waals surface area contributed by atoms with Crippen LogP contribution in [0.1, 0.15) is 50.2 Å². The maximum absolute atomic E-state index is 12.9. The Kier molecular flexibility index (Phi) is 9.52. The number of nitrogens with zero attached hydrogens (tertiary/aromatic N) is 4. The molecule has 1 saturated heterocycles. The molecule has 2 atom stereocenters. The minimum absolute atomic E-state index is 0.105. The second kappa shape index (κ2) is 13.1. The number of carbonyl (C=O) groups is 3. The number of methoxy groups -OCH3 is 1. The van der Waals surface area contributed by atoms with E-state index in [0.717, 1.165) is 5.56 Å². The van der Waals surface area contributed by atoms with Crippen LogP contribution >= 0.6 is 0 Å². The van der Waals surface area contributed by atoms with Crippen molar-refractivity contribution in [2.45, 2.75) is 44.4 Å². The van der Waals surface area contributed by atoms with Gasteiger partial charge in [-0.25, -0.2) is 0 Å². The summed E-state index contributed by atoms with van der Waals surface area (Å²) in [6.45, 7) is 5.76. The molecule has 2 aliphatic heterocycles. The maximum atomic E-state index is 12.9. The zero-order valence-corrected chi connectivity index (χ0v) is 24.1. The minimum atomic E-state index is -1.09. The average Bonchev–Trinajstić information content (AvgIpc) is 2.99. The van der Waals surface area contributed by atoms with Crippen molar-refractivity contribution in [2.24, 2.45) is 10.9 Å². The molecule has 2 aliphatic rings. The van der Waals surface area contributed by atoms with E-state index in [1.807, 2.05) is 30.3 Å². The van der Waals surface area contributed by atoms with Crippen molar-refractivity contribution >= 4 is 29.7 Å². The lowest BCUT2D eigenvalue weighted by Gasteiger charge is -2.40. The summed E-state index contributed by atoms with van der Waals surface area (Å²) in [6.07, 6.45) is 2.53. The summed E-state index contributed by atoms with van der Waals surface area (Å²) in [5.74, 6) is -3.09. The Bertz CT molecular complexity index is 1380. The van der Waals surface area contributed by atoms with Gasteiger partial charge in [-0.3, -0.25) is 29.5 Å². The molecule has 1 N–H and O–H groups in total. The largest absolute Gasteiger partial charge is 0.481 e. The van der Waals surface area contributed by atoms with Crippen LogP contribution < -0.4 is 0 Å². The van der Waals surface area contributed by atoms with Gasteiger partial charge in [0.2, 0.25) is 6.41 Å². The van der Waals surface area contributed by atoms with Gasteiger partial charge in [-0.1, -0.05) is 42.5 Å². The highest BCUT2D eigenvalue weighted by Crippen LogP contribution is 2.41. The number of esters is 1. The van der Waals surface area contributed by atoms with Crippen LogP contribution in [0, 0.1) is 16.0 Å². The highest BCUT2D eigenvalue weighted by atomic mass is 16.6. The number of likely N-dealkylation sites (tertiary alicyclic amines) is 1. The van der Waals surface area contributed by atoms with Gasteiger partial charge >= 0.3 is 11.9 Å². The maximum Gasteiger partial charge on any atom is 0.316 e. The number of hydrogen-bond acceptors (Lipinski definition) is 8. The molecule has 42 heavy (non-hydrogen) atoms. The van der Waals surface area contributed by atoms with Gasteiger partial charge in [-0.15, -0.1) is 0 Å². The molecule has 2 heterocycles. The van der Waals surface area contributed by atoms with Crippen LogP contribution in [0.3, 0.4) is 0 Å². The van der Waals surface area contributed by atoms with E-state index in [4.69, 9.17) is 4.74 Å². The van der Waals surface area contributed by atoms with E-state index in [1.165, 1.54) is 24.1 Å². The fraction of sp³-hybridized carbons (Fsp3) is 0.419. The Morgan fingerprint density at radius 2 is 1.79 bits per heavy atom. The van der Waals surface area contributed by atoms with Gasteiger partial charge in [-0.05, 0) is 63.9 Å². The normalized spacial score (nSPS) is 20.4. The lowest BCUT2D eigenvalue weighted by molar-refractivity contribution is -0.384. The zero-order chi connectivity index (χ0) is 30.4. The van der Waals surface area contributed by atoms with Gasteiger partial charge in [0, 0.05) is 30.3 Å².